The molecule has 4 heteroatoms. The Labute approximate surface area is 181 Å². The number of aliphatic imine (C=N–C) groups is 1. The molecule has 0 bridgehead atoms. The summed E-state index contributed by atoms with van der Waals surface area (Å²) < 4.78 is 2.14. The van der Waals surface area contributed by atoms with Gasteiger partial charge in [0.15, 0.2) is 0 Å². The van der Waals surface area contributed by atoms with Gasteiger partial charge in [-0.3, -0.25) is 4.99 Å². The highest BCUT2D eigenvalue weighted by Gasteiger charge is 2.31. The van der Waals surface area contributed by atoms with Crippen molar-refractivity contribution in [1.29, 1.82) is 0 Å². The Bertz CT molecular complexity index is 1110. The molecule has 138 valence electrons. The Morgan fingerprint density at radius 3 is 2.46 bits per heavy atom. The van der Waals surface area contributed by atoms with Crippen LogP contribution in [0.15, 0.2) is 92.4 Å². The average Bonchev–Trinajstić information content (AvgIpc) is 2.73. The average molecular weight is 494 g/mol. The van der Waals surface area contributed by atoms with Gasteiger partial charge in [0, 0.05) is 25.8 Å². The van der Waals surface area contributed by atoms with Crippen LogP contribution in [0.2, 0.25) is 0 Å². The molecule has 1 heterocycles. The van der Waals surface area contributed by atoms with Crippen molar-refractivity contribution < 1.29 is 0 Å². The number of halogens is 2. The summed E-state index contributed by atoms with van der Waals surface area (Å²) in [6, 6.07) is 25.6. The molecule has 2 aliphatic rings. The van der Waals surface area contributed by atoms with Crippen molar-refractivity contribution in [3.63, 3.8) is 0 Å². The number of allylic oxidation sites excluding steroid dienone is 1. The van der Waals surface area contributed by atoms with Gasteiger partial charge >= 0.3 is 0 Å². The predicted octanol–water partition coefficient (Wildman–Crippen LogP) is 6.66. The van der Waals surface area contributed by atoms with Crippen LogP contribution < -0.4 is 5.32 Å². The highest BCUT2D eigenvalue weighted by Crippen LogP contribution is 2.43. The fourth-order valence-corrected chi connectivity index (χ4v) is 4.70. The Morgan fingerprint density at radius 2 is 1.64 bits per heavy atom. The Kier molecular flexibility index (Phi) is 4.69. The molecule has 0 fully saturated rings. The molecule has 3 aromatic carbocycles. The highest BCUT2D eigenvalue weighted by atomic mass is 79.9. The highest BCUT2D eigenvalue weighted by molar-refractivity contribution is 9.10. The van der Waals surface area contributed by atoms with Gasteiger partial charge in [0.2, 0.25) is 0 Å². The molecule has 2 nitrogen and oxygen atoms in total. The molecule has 0 saturated carbocycles. The van der Waals surface area contributed by atoms with E-state index in [9.17, 15) is 0 Å². The van der Waals surface area contributed by atoms with Crippen LogP contribution >= 0.6 is 31.9 Å². The van der Waals surface area contributed by atoms with E-state index in [1.807, 2.05) is 6.07 Å². The van der Waals surface area contributed by atoms with Crippen molar-refractivity contribution in [3.8, 4) is 0 Å². The second-order valence-electron chi connectivity index (χ2n) is 7.12. The van der Waals surface area contributed by atoms with Gasteiger partial charge in [0.05, 0.1) is 0 Å². The summed E-state index contributed by atoms with van der Waals surface area (Å²) >= 11 is 7.14. The van der Waals surface area contributed by atoms with Crippen molar-refractivity contribution >= 4 is 43.3 Å². The number of aryl methyl sites for hydroxylation is 1. The van der Waals surface area contributed by atoms with Gasteiger partial charge in [-0.15, -0.1) is 0 Å². The van der Waals surface area contributed by atoms with Crippen LogP contribution in [-0.4, -0.2) is 5.84 Å². The second kappa shape index (κ2) is 7.34. The third-order valence-electron chi connectivity index (χ3n) is 5.36. The first kappa shape index (κ1) is 17.9. The summed E-state index contributed by atoms with van der Waals surface area (Å²) in [7, 11) is 0. The molecule has 0 spiro atoms. The number of hydrogen-bond acceptors (Lipinski definition) is 2. The first-order valence-corrected chi connectivity index (χ1v) is 11.0. The molecule has 3 aromatic rings. The normalized spacial score (nSPS) is 18.1. The molecule has 1 aliphatic heterocycles. The first-order valence-electron chi connectivity index (χ1n) is 9.36. The van der Waals surface area contributed by atoms with Crippen LogP contribution in [0, 0.1) is 0 Å². The predicted molar refractivity (Wildman–Crippen MR) is 122 cm³/mol. The molecule has 1 N–H and O–H groups in total. The van der Waals surface area contributed by atoms with Crippen LogP contribution in [0.25, 0.3) is 5.57 Å². The minimum atomic E-state index is -0.0141. The molecule has 1 aliphatic carbocycles. The summed E-state index contributed by atoms with van der Waals surface area (Å²) in [6.07, 6.45) is 2.06. The lowest BCUT2D eigenvalue weighted by atomic mass is 9.82. The molecule has 0 amide bonds. The van der Waals surface area contributed by atoms with E-state index < -0.39 is 0 Å². The minimum absolute atomic E-state index is 0.0141. The van der Waals surface area contributed by atoms with E-state index in [4.69, 9.17) is 4.99 Å². The monoisotopic (exact) mass is 492 g/mol. The summed E-state index contributed by atoms with van der Waals surface area (Å²) in [6.45, 7) is 0. The fraction of sp³-hybridized carbons (Fsp3) is 0.125. The Balaban J connectivity index is 1.67. The zero-order chi connectivity index (χ0) is 19.1. The quantitative estimate of drug-likeness (QED) is 0.424. The van der Waals surface area contributed by atoms with Gasteiger partial charge in [-0.2, -0.15) is 0 Å². The summed E-state index contributed by atoms with van der Waals surface area (Å²) in [5.41, 5.74) is 7.63. The van der Waals surface area contributed by atoms with Gasteiger partial charge in [-0.25, -0.2) is 0 Å². The van der Waals surface area contributed by atoms with Crippen molar-refractivity contribution in [2.75, 3.05) is 0 Å². The van der Waals surface area contributed by atoms with Crippen molar-refractivity contribution in [2.45, 2.75) is 18.9 Å². The smallest absolute Gasteiger partial charge is 0.133 e. The summed E-state index contributed by atoms with van der Waals surface area (Å²) in [5, 5.41) is 3.65. The van der Waals surface area contributed by atoms with E-state index in [2.05, 4.69) is 104 Å². The van der Waals surface area contributed by atoms with Crippen molar-refractivity contribution in [1.82, 2.24) is 5.32 Å². The third kappa shape index (κ3) is 3.25. The maximum absolute atomic E-state index is 5.19. The van der Waals surface area contributed by atoms with Gasteiger partial charge in [-0.05, 0) is 53.8 Å². The number of nitrogens with one attached hydrogen (secondary N) is 1. The number of fused-ring (bicyclic) bond motifs is 2. The van der Waals surface area contributed by atoms with Crippen molar-refractivity contribution in [2.24, 2.45) is 4.99 Å². The molecule has 5 rings (SSSR count). The van der Waals surface area contributed by atoms with E-state index in [-0.39, 0.29) is 6.04 Å². The Morgan fingerprint density at radius 1 is 0.821 bits per heavy atom. The summed E-state index contributed by atoms with van der Waals surface area (Å²) in [4.78, 5) is 5.19. The first-order chi connectivity index (χ1) is 13.7. The number of amidine groups is 1. The number of hydrogen-bond donors (Lipinski definition) is 1. The topological polar surface area (TPSA) is 24.4 Å². The van der Waals surface area contributed by atoms with Crippen LogP contribution in [0.3, 0.4) is 0 Å². The third-order valence-corrected chi connectivity index (χ3v) is 6.38. The minimum Gasteiger partial charge on any atom is -0.343 e. The zero-order valence-corrected chi connectivity index (χ0v) is 18.3. The van der Waals surface area contributed by atoms with Gasteiger partial charge in [-0.1, -0.05) is 80.4 Å². The van der Waals surface area contributed by atoms with Gasteiger partial charge in [0.25, 0.3) is 0 Å². The van der Waals surface area contributed by atoms with Crippen molar-refractivity contribution in [3.05, 3.63) is 110 Å². The van der Waals surface area contributed by atoms with E-state index in [0.29, 0.717) is 0 Å². The second-order valence-corrected chi connectivity index (χ2v) is 8.95. The lowest BCUT2D eigenvalue weighted by Crippen LogP contribution is -2.32. The fourth-order valence-electron chi connectivity index (χ4n) is 4.04. The van der Waals surface area contributed by atoms with Crippen LogP contribution in [-0.2, 0) is 6.42 Å². The molecule has 0 saturated heterocycles. The number of benzene rings is 3. The molecule has 0 aromatic heterocycles. The van der Waals surface area contributed by atoms with Crippen LogP contribution in [0.5, 0.6) is 0 Å². The van der Waals surface area contributed by atoms with Gasteiger partial charge in [0.1, 0.15) is 11.9 Å². The maximum Gasteiger partial charge on any atom is 0.133 e. The number of rotatable bonds is 2. The molecule has 1 unspecified atom stereocenters. The van der Waals surface area contributed by atoms with Crippen LogP contribution in [0.1, 0.15) is 34.7 Å². The van der Waals surface area contributed by atoms with Gasteiger partial charge < -0.3 is 5.32 Å². The van der Waals surface area contributed by atoms with E-state index in [0.717, 1.165) is 33.2 Å². The standard InChI is InChI=1S/C24H18Br2N2/c25-18-11-8-16(9-12-18)23-22-20-7-2-1-4-15(20)10-13-21(22)27-24(28-23)17-5-3-6-19(26)14-17/h1-9,11-12,14,23H,10,13H2,(H,27,28). The van der Waals surface area contributed by atoms with Crippen LogP contribution in [0.4, 0.5) is 0 Å². The largest absolute Gasteiger partial charge is 0.343 e. The maximum atomic E-state index is 5.19. The lowest BCUT2D eigenvalue weighted by molar-refractivity contribution is 0.785. The SMILES string of the molecule is Brc1ccc(C2N=C(c3cccc(Br)c3)NC3=C2c2ccccc2CC3)cc1. The lowest BCUT2D eigenvalue weighted by Gasteiger charge is -2.33. The number of nitrogens with zero attached hydrogens (tertiary/aromatic N) is 1. The molecular weight excluding hydrogens is 476 g/mol. The molecule has 28 heavy (non-hydrogen) atoms. The summed E-state index contributed by atoms with van der Waals surface area (Å²) in [5.74, 6) is 0.937. The van der Waals surface area contributed by atoms with E-state index >= 15 is 0 Å². The zero-order valence-electron chi connectivity index (χ0n) is 15.1. The van der Waals surface area contributed by atoms with E-state index in [1.54, 1.807) is 0 Å². The molecule has 1 atom stereocenters. The molecule has 0 radical (unpaired) electrons. The molecular formula is C24H18Br2N2. The Hall–Kier alpha value is -2.17. The van der Waals surface area contributed by atoms with E-state index in [1.165, 1.54) is 28.0 Å².